The second-order valence-electron chi connectivity index (χ2n) is 6.35. The summed E-state index contributed by atoms with van der Waals surface area (Å²) in [7, 11) is 0. The van der Waals surface area contributed by atoms with Crippen LogP contribution in [-0.2, 0) is 16.0 Å². The Morgan fingerprint density at radius 3 is 2.43 bits per heavy atom. The Morgan fingerprint density at radius 1 is 1.22 bits per heavy atom. The van der Waals surface area contributed by atoms with Crippen LogP contribution in [0, 0.1) is 5.92 Å². The average molecular weight is 320 g/mol. The number of hydrogen-bond acceptors (Lipinski definition) is 3. The number of amides is 1. The predicted molar refractivity (Wildman–Crippen MR) is 91.3 cm³/mol. The van der Waals surface area contributed by atoms with Crippen molar-refractivity contribution in [3.63, 3.8) is 0 Å². The minimum Gasteiger partial charge on any atom is -0.480 e. The Labute approximate surface area is 138 Å². The molecule has 0 unspecified atom stereocenters. The lowest BCUT2D eigenvalue weighted by Crippen LogP contribution is -2.43. The molecule has 0 aliphatic carbocycles. The fourth-order valence-electron chi connectivity index (χ4n) is 2.60. The van der Waals surface area contributed by atoms with E-state index in [9.17, 15) is 14.7 Å². The molecule has 5 nitrogen and oxygen atoms in total. The van der Waals surface area contributed by atoms with E-state index in [0.29, 0.717) is 25.3 Å². The molecule has 0 bridgehead atoms. The number of aliphatic carboxylic acids is 1. The first-order valence-electron chi connectivity index (χ1n) is 8.17. The van der Waals surface area contributed by atoms with Crippen molar-refractivity contribution in [1.82, 2.24) is 5.32 Å². The maximum absolute atomic E-state index is 12.5. The Kier molecular flexibility index (Phi) is 7.75. The molecule has 0 aliphatic rings. The third-order valence-corrected chi connectivity index (χ3v) is 3.85. The maximum Gasteiger partial charge on any atom is 0.326 e. The summed E-state index contributed by atoms with van der Waals surface area (Å²) in [5.74, 6) is -1.17. The summed E-state index contributed by atoms with van der Waals surface area (Å²) in [6.07, 6.45) is 1.80. The number of carbonyl (C=O) groups is 2. The van der Waals surface area contributed by atoms with Crippen molar-refractivity contribution in [2.45, 2.75) is 52.0 Å². The van der Waals surface area contributed by atoms with Crippen molar-refractivity contribution in [3.8, 4) is 0 Å². The number of nitrogens with one attached hydrogen (secondary N) is 1. The maximum atomic E-state index is 12.5. The van der Waals surface area contributed by atoms with E-state index >= 15 is 0 Å². The third kappa shape index (κ3) is 6.02. The molecule has 0 aliphatic heterocycles. The van der Waals surface area contributed by atoms with Gasteiger partial charge in [0.2, 0.25) is 5.91 Å². The Morgan fingerprint density at radius 2 is 1.87 bits per heavy atom. The molecule has 0 heterocycles. The van der Waals surface area contributed by atoms with Gasteiger partial charge in [-0.2, -0.15) is 0 Å². The predicted octanol–water partition coefficient (Wildman–Crippen LogP) is 2.30. The lowest BCUT2D eigenvalue weighted by atomic mass is 9.90. The highest BCUT2D eigenvalue weighted by molar-refractivity contribution is 5.88. The van der Waals surface area contributed by atoms with E-state index in [1.54, 1.807) is 0 Å². The van der Waals surface area contributed by atoms with Gasteiger partial charge in [0.15, 0.2) is 0 Å². The molecule has 1 aromatic rings. The molecule has 0 saturated carbocycles. The van der Waals surface area contributed by atoms with E-state index in [-0.39, 0.29) is 11.8 Å². The van der Waals surface area contributed by atoms with Crippen molar-refractivity contribution in [2.24, 2.45) is 11.7 Å². The van der Waals surface area contributed by atoms with Gasteiger partial charge < -0.3 is 16.2 Å². The molecule has 128 valence electrons. The Hall–Kier alpha value is -1.88. The monoisotopic (exact) mass is 320 g/mol. The minimum atomic E-state index is -1.02. The van der Waals surface area contributed by atoms with E-state index in [1.165, 1.54) is 0 Å². The van der Waals surface area contributed by atoms with Crippen molar-refractivity contribution in [2.75, 3.05) is 6.54 Å². The molecular formula is C18H28N2O3. The van der Waals surface area contributed by atoms with Gasteiger partial charge in [-0.3, -0.25) is 4.79 Å². The van der Waals surface area contributed by atoms with Gasteiger partial charge in [0.25, 0.3) is 0 Å². The lowest BCUT2D eigenvalue weighted by Gasteiger charge is -2.20. The van der Waals surface area contributed by atoms with Gasteiger partial charge in [0, 0.05) is 0 Å². The largest absolute Gasteiger partial charge is 0.480 e. The van der Waals surface area contributed by atoms with Gasteiger partial charge in [-0.05, 0) is 49.8 Å². The first-order chi connectivity index (χ1) is 10.9. The van der Waals surface area contributed by atoms with Crippen LogP contribution in [0.1, 0.15) is 50.7 Å². The molecule has 0 fully saturated rings. The molecule has 1 aromatic carbocycles. The van der Waals surface area contributed by atoms with Crippen LogP contribution in [0.5, 0.6) is 0 Å². The topological polar surface area (TPSA) is 92.4 Å². The first kappa shape index (κ1) is 19.2. The molecule has 1 amide bonds. The number of hydrogen-bond donors (Lipinski definition) is 3. The number of carboxylic acids is 1. The van der Waals surface area contributed by atoms with Crippen LogP contribution in [-0.4, -0.2) is 29.6 Å². The van der Waals surface area contributed by atoms with Crippen LogP contribution >= 0.6 is 0 Å². The SMILES string of the molecule is CC(C)Cc1ccccc1[C@H](C)C(=O)N[C@H](CCCN)C(=O)O. The first-order valence-corrected chi connectivity index (χ1v) is 8.17. The molecule has 4 N–H and O–H groups in total. The van der Waals surface area contributed by atoms with Gasteiger partial charge in [0.1, 0.15) is 6.04 Å². The molecule has 23 heavy (non-hydrogen) atoms. The number of carboxylic acid groups (broad SMARTS) is 1. The van der Waals surface area contributed by atoms with Crippen molar-refractivity contribution in [1.29, 1.82) is 0 Å². The summed E-state index contributed by atoms with van der Waals surface area (Å²) in [6, 6.07) is 6.96. The zero-order chi connectivity index (χ0) is 17.4. The molecule has 5 heteroatoms. The van der Waals surface area contributed by atoms with Crippen LogP contribution in [0.2, 0.25) is 0 Å². The zero-order valence-corrected chi connectivity index (χ0v) is 14.2. The van der Waals surface area contributed by atoms with Crippen LogP contribution in [0.4, 0.5) is 0 Å². The number of benzene rings is 1. The molecule has 0 spiro atoms. The third-order valence-electron chi connectivity index (χ3n) is 3.85. The molecular weight excluding hydrogens is 292 g/mol. The van der Waals surface area contributed by atoms with Crippen molar-refractivity contribution < 1.29 is 14.7 Å². The van der Waals surface area contributed by atoms with Gasteiger partial charge in [-0.25, -0.2) is 4.79 Å². The van der Waals surface area contributed by atoms with Gasteiger partial charge in [-0.1, -0.05) is 38.1 Å². The summed E-state index contributed by atoms with van der Waals surface area (Å²) < 4.78 is 0. The van der Waals surface area contributed by atoms with Crippen LogP contribution in [0.25, 0.3) is 0 Å². The zero-order valence-electron chi connectivity index (χ0n) is 14.2. The van der Waals surface area contributed by atoms with Gasteiger partial charge in [0.05, 0.1) is 5.92 Å². The molecule has 0 radical (unpaired) electrons. The van der Waals surface area contributed by atoms with Crippen LogP contribution in [0.3, 0.4) is 0 Å². The van der Waals surface area contributed by atoms with E-state index < -0.39 is 12.0 Å². The molecule has 2 atom stereocenters. The fraction of sp³-hybridized carbons (Fsp3) is 0.556. The highest BCUT2D eigenvalue weighted by Crippen LogP contribution is 2.23. The van der Waals surface area contributed by atoms with E-state index in [2.05, 4.69) is 19.2 Å². The standard InChI is InChI=1S/C18H28N2O3/c1-12(2)11-14-7-4-5-8-15(14)13(3)17(21)20-16(18(22)23)9-6-10-19/h4-5,7-8,12-13,16H,6,9-11,19H2,1-3H3,(H,20,21)(H,22,23)/t13-,16+/m0/s1. The summed E-state index contributed by atoms with van der Waals surface area (Å²) in [5.41, 5.74) is 7.52. The summed E-state index contributed by atoms with van der Waals surface area (Å²) in [5, 5.41) is 11.9. The highest BCUT2D eigenvalue weighted by atomic mass is 16.4. The van der Waals surface area contributed by atoms with Crippen molar-refractivity contribution in [3.05, 3.63) is 35.4 Å². The smallest absolute Gasteiger partial charge is 0.326 e. The summed E-state index contributed by atoms with van der Waals surface area (Å²) in [6.45, 7) is 6.49. The van der Waals surface area contributed by atoms with E-state index in [0.717, 1.165) is 17.5 Å². The van der Waals surface area contributed by atoms with Crippen LogP contribution < -0.4 is 11.1 Å². The lowest BCUT2D eigenvalue weighted by molar-refractivity contribution is -0.142. The Bertz CT molecular complexity index is 529. The summed E-state index contributed by atoms with van der Waals surface area (Å²) in [4.78, 5) is 23.7. The second kappa shape index (κ2) is 9.30. The molecule has 1 rings (SSSR count). The minimum absolute atomic E-state index is 0.259. The van der Waals surface area contributed by atoms with Crippen molar-refractivity contribution >= 4 is 11.9 Å². The van der Waals surface area contributed by atoms with E-state index in [1.807, 2.05) is 31.2 Å². The quantitative estimate of drug-likeness (QED) is 0.651. The Balaban J connectivity index is 2.85. The second-order valence-corrected chi connectivity index (χ2v) is 6.35. The number of rotatable bonds is 9. The number of carbonyl (C=O) groups excluding carboxylic acids is 1. The summed E-state index contributed by atoms with van der Waals surface area (Å²) >= 11 is 0. The van der Waals surface area contributed by atoms with E-state index in [4.69, 9.17) is 5.73 Å². The average Bonchev–Trinajstić information content (AvgIpc) is 2.50. The van der Waals surface area contributed by atoms with Gasteiger partial charge >= 0.3 is 5.97 Å². The normalized spacial score (nSPS) is 13.6. The number of nitrogens with two attached hydrogens (primary N) is 1. The van der Waals surface area contributed by atoms with Gasteiger partial charge in [-0.15, -0.1) is 0 Å². The highest BCUT2D eigenvalue weighted by Gasteiger charge is 2.24. The molecule has 0 saturated heterocycles. The fourth-order valence-corrected chi connectivity index (χ4v) is 2.60. The molecule has 0 aromatic heterocycles. The van der Waals surface area contributed by atoms with Crippen LogP contribution in [0.15, 0.2) is 24.3 Å².